The van der Waals surface area contributed by atoms with E-state index in [1.54, 1.807) is 6.33 Å². The fourth-order valence-corrected chi connectivity index (χ4v) is 3.70. The molecule has 0 aromatic carbocycles. The molecule has 120 valence electrons. The number of aromatic nitrogens is 4. The number of anilines is 1. The highest BCUT2D eigenvalue weighted by molar-refractivity contribution is 9.10. The number of H-pyrrole nitrogens is 1. The number of rotatable bonds is 3. The zero-order valence-electron chi connectivity index (χ0n) is 13.1. The molecule has 0 atom stereocenters. The first-order valence-electron chi connectivity index (χ1n) is 8.17. The molecule has 1 saturated carbocycles. The zero-order valence-corrected chi connectivity index (χ0v) is 14.7. The molecule has 4 rings (SSSR count). The Labute approximate surface area is 143 Å². The van der Waals surface area contributed by atoms with Gasteiger partial charge in [-0.15, -0.1) is 0 Å². The maximum atomic E-state index is 4.82. The monoisotopic (exact) mass is 373 g/mol. The number of imidazole rings is 2. The van der Waals surface area contributed by atoms with Gasteiger partial charge < -0.3 is 10.3 Å². The number of aryl methyl sites for hydroxylation is 1. The molecule has 0 amide bonds. The maximum Gasteiger partial charge on any atom is 0.140 e. The molecule has 1 aliphatic rings. The lowest BCUT2D eigenvalue weighted by molar-refractivity contribution is 0.461. The molecule has 0 radical (unpaired) electrons. The molecule has 0 spiro atoms. The van der Waals surface area contributed by atoms with Crippen LogP contribution in [0.4, 0.5) is 5.82 Å². The molecule has 0 saturated heterocycles. The third-order valence-corrected chi connectivity index (χ3v) is 5.05. The molecule has 3 aromatic rings. The number of hydrogen-bond acceptors (Lipinski definition) is 3. The summed E-state index contributed by atoms with van der Waals surface area (Å²) in [4.78, 5) is 12.5. The molecule has 0 aliphatic heterocycles. The van der Waals surface area contributed by atoms with Gasteiger partial charge in [0.25, 0.3) is 0 Å². The molecule has 0 bridgehead atoms. The topological polar surface area (TPSA) is 58.0 Å². The van der Waals surface area contributed by atoms with E-state index in [-0.39, 0.29) is 0 Å². The highest BCUT2D eigenvalue weighted by Gasteiger charge is 2.21. The quantitative estimate of drug-likeness (QED) is 0.708. The summed E-state index contributed by atoms with van der Waals surface area (Å²) in [6.07, 6.45) is 10.2. The molecule has 5 nitrogen and oxygen atoms in total. The van der Waals surface area contributed by atoms with Crippen LogP contribution in [0.15, 0.2) is 29.1 Å². The van der Waals surface area contributed by atoms with E-state index < -0.39 is 0 Å². The van der Waals surface area contributed by atoms with Gasteiger partial charge in [-0.2, -0.15) is 0 Å². The normalized spacial score (nSPS) is 16.1. The Kier molecular flexibility index (Phi) is 3.85. The van der Waals surface area contributed by atoms with E-state index in [1.165, 1.54) is 32.1 Å². The van der Waals surface area contributed by atoms with Gasteiger partial charge in [-0.3, -0.25) is 4.40 Å². The van der Waals surface area contributed by atoms with E-state index in [1.807, 2.05) is 19.1 Å². The largest absolute Gasteiger partial charge is 0.367 e. The lowest BCUT2D eigenvalue weighted by Crippen LogP contribution is -2.23. The van der Waals surface area contributed by atoms with Crippen LogP contribution in [-0.2, 0) is 0 Å². The second kappa shape index (κ2) is 6.00. The van der Waals surface area contributed by atoms with Gasteiger partial charge in [0.05, 0.1) is 6.33 Å². The summed E-state index contributed by atoms with van der Waals surface area (Å²) in [5.41, 5.74) is 3.82. The van der Waals surface area contributed by atoms with E-state index in [0.29, 0.717) is 6.04 Å². The first-order valence-corrected chi connectivity index (χ1v) is 8.96. The van der Waals surface area contributed by atoms with Gasteiger partial charge >= 0.3 is 0 Å². The zero-order chi connectivity index (χ0) is 15.8. The summed E-state index contributed by atoms with van der Waals surface area (Å²) in [5, 5.41) is 3.74. The molecule has 23 heavy (non-hydrogen) atoms. The summed E-state index contributed by atoms with van der Waals surface area (Å²) >= 11 is 3.57. The third-order valence-electron chi connectivity index (χ3n) is 4.58. The Bertz CT molecular complexity index is 829. The summed E-state index contributed by atoms with van der Waals surface area (Å²) < 4.78 is 3.17. The van der Waals surface area contributed by atoms with Crippen LogP contribution in [0.3, 0.4) is 0 Å². The Morgan fingerprint density at radius 3 is 2.78 bits per heavy atom. The maximum absolute atomic E-state index is 4.82. The summed E-state index contributed by atoms with van der Waals surface area (Å²) in [7, 11) is 0. The van der Waals surface area contributed by atoms with Crippen LogP contribution in [0, 0.1) is 6.92 Å². The predicted octanol–water partition coefficient (Wildman–Crippen LogP) is 4.54. The number of pyridine rings is 1. The van der Waals surface area contributed by atoms with E-state index in [9.17, 15) is 0 Å². The van der Waals surface area contributed by atoms with Crippen molar-refractivity contribution in [2.75, 3.05) is 5.32 Å². The average molecular weight is 374 g/mol. The Morgan fingerprint density at radius 2 is 2.04 bits per heavy atom. The van der Waals surface area contributed by atoms with Gasteiger partial charge in [0.15, 0.2) is 0 Å². The van der Waals surface area contributed by atoms with Gasteiger partial charge in [-0.05, 0) is 47.8 Å². The Balaban J connectivity index is 1.84. The lowest BCUT2D eigenvalue weighted by Gasteiger charge is -2.24. The van der Waals surface area contributed by atoms with Crippen molar-refractivity contribution in [3.8, 4) is 11.4 Å². The van der Waals surface area contributed by atoms with Crippen molar-refractivity contribution < 1.29 is 0 Å². The van der Waals surface area contributed by atoms with Crippen molar-refractivity contribution in [1.29, 1.82) is 0 Å². The number of halogens is 1. The van der Waals surface area contributed by atoms with E-state index in [2.05, 4.69) is 41.8 Å². The Hall–Kier alpha value is -1.82. The number of aromatic amines is 1. The molecule has 3 heterocycles. The number of fused-ring (bicyclic) bond motifs is 1. The number of nitrogens with one attached hydrogen (secondary N) is 2. The predicted molar refractivity (Wildman–Crippen MR) is 95.7 cm³/mol. The van der Waals surface area contributed by atoms with Crippen LogP contribution < -0.4 is 5.32 Å². The third kappa shape index (κ3) is 2.76. The van der Waals surface area contributed by atoms with Crippen LogP contribution in [-0.4, -0.2) is 25.4 Å². The van der Waals surface area contributed by atoms with Gasteiger partial charge in [-0.25, -0.2) is 9.97 Å². The second-order valence-electron chi connectivity index (χ2n) is 6.24. The fraction of sp³-hybridized carbons (Fsp3) is 0.412. The van der Waals surface area contributed by atoms with Gasteiger partial charge in [-0.1, -0.05) is 19.3 Å². The first kappa shape index (κ1) is 14.8. The summed E-state index contributed by atoms with van der Waals surface area (Å²) in [6, 6.07) is 4.57. The second-order valence-corrected chi connectivity index (χ2v) is 7.16. The van der Waals surface area contributed by atoms with Crippen molar-refractivity contribution in [2.24, 2.45) is 0 Å². The smallest absolute Gasteiger partial charge is 0.140 e. The SMILES string of the molecule is Cc1[nH]cnc1-c1nc2ccc(Br)cn2c1NC1CCCCC1. The van der Waals surface area contributed by atoms with Gasteiger partial charge in [0.1, 0.15) is 22.9 Å². The number of hydrogen-bond donors (Lipinski definition) is 2. The van der Waals surface area contributed by atoms with Crippen molar-refractivity contribution in [2.45, 2.75) is 45.1 Å². The molecular weight excluding hydrogens is 354 g/mol. The molecule has 1 aliphatic carbocycles. The van der Waals surface area contributed by atoms with Crippen LogP contribution >= 0.6 is 15.9 Å². The van der Waals surface area contributed by atoms with Crippen LogP contribution in [0.25, 0.3) is 17.0 Å². The average Bonchev–Trinajstić information content (AvgIpc) is 3.12. The lowest BCUT2D eigenvalue weighted by atomic mass is 9.95. The highest BCUT2D eigenvalue weighted by Crippen LogP contribution is 2.32. The summed E-state index contributed by atoms with van der Waals surface area (Å²) in [5.74, 6) is 1.04. The molecule has 0 unspecified atom stereocenters. The van der Waals surface area contributed by atoms with Crippen molar-refractivity contribution >= 4 is 27.4 Å². The highest BCUT2D eigenvalue weighted by atomic mass is 79.9. The van der Waals surface area contributed by atoms with E-state index in [4.69, 9.17) is 4.98 Å². The fourth-order valence-electron chi connectivity index (χ4n) is 3.36. The molecule has 6 heteroatoms. The van der Waals surface area contributed by atoms with E-state index in [0.717, 1.165) is 33.0 Å². The van der Waals surface area contributed by atoms with Crippen molar-refractivity contribution in [1.82, 2.24) is 19.4 Å². The Morgan fingerprint density at radius 1 is 1.22 bits per heavy atom. The number of nitrogens with zero attached hydrogens (tertiary/aromatic N) is 3. The van der Waals surface area contributed by atoms with E-state index >= 15 is 0 Å². The van der Waals surface area contributed by atoms with Crippen LogP contribution in [0.2, 0.25) is 0 Å². The van der Waals surface area contributed by atoms with Crippen LogP contribution in [0.5, 0.6) is 0 Å². The van der Waals surface area contributed by atoms with Gasteiger partial charge in [0, 0.05) is 22.4 Å². The molecular formula is C17H20BrN5. The molecule has 1 fully saturated rings. The minimum absolute atomic E-state index is 0.514. The standard InChI is InChI=1S/C17H20BrN5/c1-11-15(20-10-19-11)16-17(21-13-5-3-2-4-6-13)23-9-12(18)7-8-14(23)22-16/h7-10,13,21H,2-6H2,1H3,(H,19,20). The molecule has 3 aromatic heterocycles. The summed E-state index contributed by atoms with van der Waals surface area (Å²) in [6.45, 7) is 2.03. The van der Waals surface area contributed by atoms with Gasteiger partial charge in [0.2, 0.25) is 0 Å². The van der Waals surface area contributed by atoms with Crippen molar-refractivity contribution in [3.63, 3.8) is 0 Å². The minimum atomic E-state index is 0.514. The minimum Gasteiger partial charge on any atom is -0.367 e. The molecule has 2 N–H and O–H groups in total. The first-order chi connectivity index (χ1) is 11.2. The van der Waals surface area contributed by atoms with Crippen LogP contribution in [0.1, 0.15) is 37.8 Å². The van der Waals surface area contributed by atoms with Crippen molar-refractivity contribution in [3.05, 3.63) is 34.8 Å².